The van der Waals surface area contributed by atoms with Crippen molar-refractivity contribution in [1.29, 1.82) is 0 Å². The molecular weight excluding hydrogens is 250 g/mol. The number of ether oxygens (including phenoxy) is 1. The normalized spacial score (nSPS) is 14.8. The van der Waals surface area contributed by atoms with E-state index in [2.05, 4.69) is 4.98 Å². The topological polar surface area (TPSA) is 59.4 Å². The van der Waals surface area contributed by atoms with Gasteiger partial charge < -0.3 is 9.84 Å². The van der Waals surface area contributed by atoms with Crippen molar-refractivity contribution in [3.05, 3.63) is 22.9 Å². The summed E-state index contributed by atoms with van der Waals surface area (Å²) in [5, 5.41) is 9.75. The van der Waals surface area contributed by atoms with Crippen molar-refractivity contribution in [2.24, 2.45) is 5.92 Å². The summed E-state index contributed by atoms with van der Waals surface area (Å²) in [6.45, 7) is 4.45. The van der Waals surface area contributed by atoms with E-state index in [0.29, 0.717) is 16.5 Å². The molecule has 1 aromatic heterocycles. The molecule has 1 saturated carbocycles. The van der Waals surface area contributed by atoms with Gasteiger partial charge in [0.25, 0.3) is 0 Å². The summed E-state index contributed by atoms with van der Waals surface area (Å²) in [4.78, 5) is 15.5. The molecule has 0 aliphatic heterocycles. The Kier molecular flexibility index (Phi) is 4.24. The van der Waals surface area contributed by atoms with Crippen LogP contribution in [0.5, 0.6) is 0 Å². The first-order valence-electron chi connectivity index (χ1n) is 6.00. The smallest absolute Gasteiger partial charge is 0.338 e. The van der Waals surface area contributed by atoms with E-state index >= 15 is 0 Å². The molecule has 1 aliphatic carbocycles. The lowest BCUT2D eigenvalue weighted by Gasteiger charge is -2.09. The van der Waals surface area contributed by atoms with Crippen molar-refractivity contribution in [3.8, 4) is 0 Å². The Balaban J connectivity index is 2.02. The molecule has 0 amide bonds. The van der Waals surface area contributed by atoms with Crippen molar-refractivity contribution in [1.82, 2.24) is 4.98 Å². The third kappa shape index (κ3) is 3.46. The van der Waals surface area contributed by atoms with Crippen LogP contribution in [-0.2, 0) is 4.74 Å². The van der Waals surface area contributed by atoms with E-state index in [1.807, 2.05) is 6.92 Å². The predicted octanol–water partition coefficient (Wildman–Crippen LogP) is 2.87. The van der Waals surface area contributed by atoms with Gasteiger partial charge in [0.15, 0.2) is 0 Å². The molecule has 0 unspecified atom stereocenters. The van der Waals surface area contributed by atoms with Crippen LogP contribution in [0.4, 0.5) is 0 Å². The maximum Gasteiger partial charge on any atom is 0.338 e. The monoisotopic (exact) mass is 267 g/mol. The first-order valence-corrected chi connectivity index (χ1v) is 6.98. The molecule has 0 saturated heterocycles. The van der Waals surface area contributed by atoms with Crippen LogP contribution in [0.2, 0.25) is 0 Å². The minimum atomic E-state index is -0.926. The zero-order valence-corrected chi connectivity index (χ0v) is 11.4. The number of hydrogen-bond acceptors (Lipinski definition) is 4. The molecule has 0 bridgehead atoms. The van der Waals surface area contributed by atoms with E-state index in [1.165, 1.54) is 24.6 Å². The van der Waals surface area contributed by atoms with Gasteiger partial charge in [-0.3, -0.25) is 0 Å². The standard InChI is InChI=1S/C13H17NO3S/c1-8-5-9(2)14-12(11(8)13(15)16)18-7-17-6-10-3-4-10/h5,10H,3-4,6-7H2,1-2H3,(H,15,16). The molecule has 2 rings (SSSR count). The molecule has 98 valence electrons. The fourth-order valence-electron chi connectivity index (χ4n) is 1.76. The first kappa shape index (κ1) is 13.4. The lowest BCUT2D eigenvalue weighted by Crippen LogP contribution is -2.06. The number of rotatable bonds is 6. The molecular formula is C13H17NO3S. The highest BCUT2D eigenvalue weighted by Gasteiger charge is 2.21. The molecule has 18 heavy (non-hydrogen) atoms. The Hall–Kier alpha value is -1.07. The number of carboxylic acids is 1. The number of thioether (sulfide) groups is 1. The third-order valence-electron chi connectivity index (χ3n) is 2.85. The second kappa shape index (κ2) is 5.71. The lowest BCUT2D eigenvalue weighted by molar-refractivity contribution is 0.0691. The number of aromatic carboxylic acids is 1. The maximum absolute atomic E-state index is 11.2. The Morgan fingerprint density at radius 2 is 2.28 bits per heavy atom. The number of aromatic nitrogens is 1. The van der Waals surface area contributed by atoms with Crippen LogP contribution in [0.1, 0.15) is 34.5 Å². The minimum absolute atomic E-state index is 0.292. The van der Waals surface area contributed by atoms with Gasteiger partial charge in [0.2, 0.25) is 0 Å². The molecule has 1 aliphatic rings. The molecule has 1 aromatic rings. The molecule has 1 heterocycles. The highest BCUT2D eigenvalue weighted by Crippen LogP contribution is 2.30. The van der Waals surface area contributed by atoms with Crippen molar-refractivity contribution < 1.29 is 14.6 Å². The van der Waals surface area contributed by atoms with Crippen molar-refractivity contribution in [2.45, 2.75) is 31.7 Å². The summed E-state index contributed by atoms with van der Waals surface area (Å²) in [6.07, 6.45) is 2.51. The van der Waals surface area contributed by atoms with Gasteiger partial charge in [-0.05, 0) is 44.2 Å². The number of aryl methyl sites for hydroxylation is 2. The minimum Gasteiger partial charge on any atom is -0.478 e. The molecule has 5 heteroatoms. The molecule has 0 spiro atoms. The molecule has 1 N–H and O–H groups in total. The van der Waals surface area contributed by atoms with Crippen LogP contribution < -0.4 is 0 Å². The van der Waals surface area contributed by atoms with E-state index in [4.69, 9.17) is 4.74 Å². The van der Waals surface area contributed by atoms with E-state index in [1.54, 1.807) is 13.0 Å². The summed E-state index contributed by atoms with van der Waals surface area (Å²) in [6, 6.07) is 1.79. The van der Waals surface area contributed by atoms with E-state index in [0.717, 1.165) is 23.8 Å². The molecule has 1 fully saturated rings. The molecule has 0 atom stereocenters. The fourth-order valence-corrected chi connectivity index (χ4v) is 2.66. The summed E-state index contributed by atoms with van der Waals surface area (Å²) in [7, 11) is 0. The Labute approximate surface area is 111 Å². The average Bonchev–Trinajstić information content (AvgIpc) is 3.06. The quantitative estimate of drug-likeness (QED) is 0.488. The third-order valence-corrected chi connectivity index (χ3v) is 3.71. The summed E-state index contributed by atoms with van der Waals surface area (Å²) >= 11 is 1.36. The lowest BCUT2D eigenvalue weighted by atomic mass is 10.1. The van der Waals surface area contributed by atoms with Gasteiger partial charge in [-0.1, -0.05) is 11.8 Å². The molecule has 0 radical (unpaired) electrons. The highest BCUT2D eigenvalue weighted by molar-refractivity contribution is 7.99. The molecule has 4 nitrogen and oxygen atoms in total. The number of nitrogens with zero attached hydrogens (tertiary/aromatic N) is 1. The predicted molar refractivity (Wildman–Crippen MR) is 70.1 cm³/mol. The summed E-state index contributed by atoms with van der Waals surface area (Å²) in [5.41, 5.74) is 1.88. The first-order chi connectivity index (χ1) is 8.58. The largest absolute Gasteiger partial charge is 0.478 e. The van der Waals surface area contributed by atoms with Gasteiger partial charge >= 0.3 is 5.97 Å². The maximum atomic E-state index is 11.2. The zero-order valence-electron chi connectivity index (χ0n) is 10.6. The van der Waals surface area contributed by atoms with Crippen molar-refractivity contribution in [3.63, 3.8) is 0 Å². The number of carboxylic acid groups (broad SMARTS) is 1. The second-order valence-corrected chi connectivity index (χ2v) is 5.55. The van der Waals surface area contributed by atoms with Crippen LogP contribution in [0, 0.1) is 19.8 Å². The highest BCUT2D eigenvalue weighted by atomic mass is 32.2. The number of carbonyl (C=O) groups is 1. The number of hydrogen-bond donors (Lipinski definition) is 1. The SMILES string of the molecule is Cc1cc(C)c(C(=O)O)c(SCOCC2CC2)n1. The van der Waals surface area contributed by atoms with Gasteiger partial charge in [-0.15, -0.1) is 0 Å². The number of pyridine rings is 1. The Morgan fingerprint density at radius 1 is 1.56 bits per heavy atom. The van der Waals surface area contributed by atoms with Gasteiger partial charge in [0, 0.05) is 5.69 Å². The van der Waals surface area contributed by atoms with E-state index in [-0.39, 0.29) is 0 Å². The summed E-state index contributed by atoms with van der Waals surface area (Å²) in [5.74, 6) is 0.258. The van der Waals surface area contributed by atoms with Crippen molar-refractivity contribution in [2.75, 3.05) is 12.5 Å². The van der Waals surface area contributed by atoms with Gasteiger partial charge in [-0.2, -0.15) is 0 Å². The van der Waals surface area contributed by atoms with Gasteiger partial charge in [-0.25, -0.2) is 9.78 Å². The average molecular weight is 267 g/mol. The van der Waals surface area contributed by atoms with Crippen LogP contribution in [-0.4, -0.2) is 28.6 Å². The zero-order chi connectivity index (χ0) is 13.1. The second-order valence-electron chi connectivity index (χ2n) is 4.64. The fraction of sp³-hybridized carbons (Fsp3) is 0.538. The van der Waals surface area contributed by atoms with Crippen LogP contribution in [0.15, 0.2) is 11.1 Å². The van der Waals surface area contributed by atoms with Crippen LogP contribution in [0.3, 0.4) is 0 Å². The van der Waals surface area contributed by atoms with Crippen molar-refractivity contribution >= 4 is 17.7 Å². The van der Waals surface area contributed by atoms with Crippen LogP contribution in [0.25, 0.3) is 0 Å². The van der Waals surface area contributed by atoms with E-state index in [9.17, 15) is 9.90 Å². The Morgan fingerprint density at radius 3 is 2.89 bits per heavy atom. The van der Waals surface area contributed by atoms with Crippen LogP contribution >= 0.6 is 11.8 Å². The summed E-state index contributed by atoms with van der Waals surface area (Å²) < 4.78 is 5.51. The Bertz CT molecular complexity index is 458. The van der Waals surface area contributed by atoms with Gasteiger partial charge in [0.05, 0.1) is 18.1 Å². The van der Waals surface area contributed by atoms with Gasteiger partial charge in [0.1, 0.15) is 5.03 Å². The van der Waals surface area contributed by atoms with E-state index < -0.39 is 5.97 Å². The molecule has 0 aromatic carbocycles.